The van der Waals surface area contributed by atoms with Crippen LogP contribution in [0.5, 0.6) is 0 Å². The molecule has 0 N–H and O–H groups in total. The van der Waals surface area contributed by atoms with Gasteiger partial charge in [-0.05, 0) is 26.4 Å². The van der Waals surface area contributed by atoms with Gasteiger partial charge in [-0.25, -0.2) is 0 Å². The van der Waals surface area contributed by atoms with Crippen molar-refractivity contribution in [3.05, 3.63) is 0 Å². The molecule has 0 radical (unpaired) electrons. The van der Waals surface area contributed by atoms with E-state index in [1.165, 1.54) is 12.8 Å². The van der Waals surface area contributed by atoms with Gasteiger partial charge in [0.1, 0.15) is 0 Å². The van der Waals surface area contributed by atoms with Crippen LogP contribution in [0, 0.1) is 0 Å². The number of hydrogen-bond acceptors (Lipinski definition) is 3. The Morgan fingerprint density at radius 3 is 2.86 bits per heavy atom. The molecule has 14 heavy (non-hydrogen) atoms. The number of rotatable bonds is 4. The van der Waals surface area contributed by atoms with Crippen LogP contribution < -0.4 is 0 Å². The van der Waals surface area contributed by atoms with E-state index in [4.69, 9.17) is 4.74 Å². The maximum absolute atomic E-state index is 5.78. The Kier molecular flexibility index (Phi) is 3.42. The highest BCUT2D eigenvalue weighted by atomic mass is 16.5. The average Bonchev–Trinajstić information content (AvgIpc) is 3.01. The minimum Gasteiger partial charge on any atom is -0.374 e. The summed E-state index contributed by atoms with van der Waals surface area (Å²) in [6.45, 7) is 7.64. The van der Waals surface area contributed by atoms with E-state index in [1.54, 1.807) is 0 Å². The molecule has 1 aliphatic heterocycles. The van der Waals surface area contributed by atoms with Crippen molar-refractivity contribution >= 4 is 0 Å². The van der Waals surface area contributed by atoms with Crippen LogP contribution in [0.1, 0.15) is 19.8 Å². The summed E-state index contributed by atoms with van der Waals surface area (Å²) in [6, 6.07) is 0.857. The normalized spacial score (nSPS) is 29.8. The highest BCUT2D eigenvalue weighted by molar-refractivity contribution is 4.85. The molecule has 2 rings (SSSR count). The van der Waals surface area contributed by atoms with Gasteiger partial charge >= 0.3 is 0 Å². The summed E-state index contributed by atoms with van der Waals surface area (Å²) < 4.78 is 5.78. The molecule has 82 valence electrons. The second-order valence-electron chi connectivity index (χ2n) is 4.56. The Morgan fingerprint density at radius 2 is 2.21 bits per heavy atom. The zero-order valence-electron chi connectivity index (χ0n) is 9.41. The Balaban J connectivity index is 1.73. The summed E-state index contributed by atoms with van der Waals surface area (Å²) in [7, 11) is 2.23. The lowest BCUT2D eigenvalue weighted by molar-refractivity contribution is -0.0397. The zero-order valence-corrected chi connectivity index (χ0v) is 9.41. The Hall–Kier alpha value is -0.120. The molecule has 2 fully saturated rings. The average molecular weight is 198 g/mol. The summed E-state index contributed by atoms with van der Waals surface area (Å²) >= 11 is 0. The molecular weight excluding hydrogens is 176 g/mol. The summed E-state index contributed by atoms with van der Waals surface area (Å²) in [5.41, 5.74) is 0. The SMILES string of the molecule is CCN1CCOC(CN(C)C2CC2)C1. The molecule has 0 spiro atoms. The zero-order chi connectivity index (χ0) is 9.97. The molecule has 0 aromatic heterocycles. The van der Waals surface area contributed by atoms with Gasteiger partial charge in [0.15, 0.2) is 0 Å². The summed E-state index contributed by atoms with van der Waals surface area (Å²) in [6.07, 6.45) is 3.22. The van der Waals surface area contributed by atoms with Gasteiger partial charge in [0, 0.05) is 25.7 Å². The quantitative estimate of drug-likeness (QED) is 0.664. The smallest absolute Gasteiger partial charge is 0.0829 e. The molecule has 0 bridgehead atoms. The predicted octanol–water partition coefficient (Wildman–Crippen LogP) is 0.801. The molecule has 3 heteroatoms. The molecule has 1 saturated heterocycles. The topological polar surface area (TPSA) is 15.7 Å². The van der Waals surface area contributed by atoms with Gasteiger partial charge in [-0.2, -0.15) is 0 Å². The molecule has 1 saturated carbocycles. The standard InChI is InChI=1S/C11H22N2O/c1-3-13-6-7-14-11(9-13)8-12(2)10-4-5-10/h10-11H,3-9H2,1-2H3. The largest absolute Gasteiger partial charge is 0.374 e. The van der Waals surface area contributed by atoms with Gasteiger partial charge < -0.3 is 9.64 Å². The highest BCUT2D eigenvalue weighted by Gasteiger charge is 2.29. The monoisotopic (exact) mass is 198 g/mol. The molecule has 1 aliphatic carbocycles. The first-order valence-electron chi connectivity index (χ1n) is 5.83. The highest BCUT2D eigenvalue weighted by Crippen LogP contribution is 2.25. The summed E-state index contributed by atoms with van der Waals surface area (Å²) in [4.78, 5) is 4.94. The summed E-state index contributed by atoms with van der Waals surface area (Å²) in [5, 5.41) is 0. The number of likely N-dealkylation sites (N-methyl/N-ethyl adjacent to an activating group) is 2. The number of nitrogens with zero attached hydrogens (tertiary/aromatic N) is 2. The van der Waals surface area contributed by atoms with Gasteiger partial charge in [-0.3, -0.25) is 4.90 Å². The number of hydrogen-bond donors (Lipinski definition) is 0. The van der Waals surface area contributed by atoms with Gasteiger partial charge in [0.05, 0.1) is 12.7 Å². The van der Waals surface area contributed by atoms with E-state index in [-0.39, 0.29) is 0 Å². The van der Waals surface area contributed by atoms with E-state index >= 15 is 0 Å². The van der Waals surface area contributed by atoms with E-state index < -0.39 is 0 Å². The van der Waals surface area contributed by atoms with Crippen LogP contribution in [0.4, 0.5) is 0 Å². The number of ether oxygens (including phenoxy) is 1. The van der Waals surface area contributed by atoms with E-state index in [2.05, 4.69) is 23.8 Å². The molecule has 3 nitrogen and oxygen atoms in total. The fourth-order valence-corrected chi connectivity index (χ4v) is 2.16. The van der Waals surface area contributed by atoms with Crippen molar-refractivity contribution in [3.8, 4) is 0 Å². The fourth-order valence-electron chi connectivity index (χ4n) is 2.16. The van der Waals surface area contributed by atoms with E-state index in [9.17, 15) is 0 Å². The van der Waals surface area contributed by atoms with Crippen molar-refractivity contribution < 1.29 is 4.74 Å². The minimum atomic E-state index is 0.439. The lowest BCUT2D eigenvalue weighted by atomic mass is 10.2. The van der Waals surface area contributed by atoms with Crippen molar-refractivity contribution in [2.75, 3.05) is 39.8 Å². The molecule has 1 atom stereocenters. The first-order valence-corrected chi connectivity index (χ1v) is 5.83. The molecule has 2 aliphatic rings. The van der Waals surface area contributed by atoms with Gasteiger partial charge in [-0.15, -0.1) is 0 Å². The van der Waals surface area contributed by atoms with Crippen LogP contribution in [-0.4, -0.2) is 61.8 Å². The maximum atomic E-state index is 5.78. The molecule has 1 unspecified atom stereocenters. The first-order chi connectivity index (χ1) is 6.79. The lowest BCUT2D eigenvalue weighted by Crippen LogP contribution is -2.47. The van der Waals surface area contributed by atoms with E-state index in [0.717, 1.165) is 38.8 Å². The van der Waals surface area contributed by atoms with E-state index in [1.807, 2.05) is 0 Å². The predicted molar refractivity (Wildman–Crippen MR) is 57.5 cm³/mol. The Bertz CT molecular complexity index is 182. The molecular formula is C11H22N2O. The van der Waals surface area contributed by atoms with Crippen LogP contribution in [-0.2, 0) is 4.74 Å². The first kappa shape index (κ1) is 10.4. The minimum absolute atomic E-state index is 0.439. The van der Waals surface area contributed by atoms with Crippen molar-refractivity contribution in [3.63, 3.8) is 0 Å². The van der Waals surface area contributed by atoms with Crippen molar-refractivity contribution in [2.24, 2.45) is 0 Å². The van der Waals surface area contributed by atoms with Crippen LogP contribution in [0.2, 0.25) is 0 Å². The van der Waals surface area contributed by atoms with Crippen molar-refractivity contribution in [1.82, 2.24) is 9.80 Å². The Morgan fingerprint density at radius 1 is 1.43 bits per heavy atom. The molecule has 1 heterocycles. The second-order valence-corrected chi connectivity index (χ2v) is 4.56. The molecule has 0 aromatic carbocycles. The summed E-state index contributed by atoms with van der Waals surface area (Å²) in [5.74, 6) is 0. The van der Waals surface area contributed by atoms with Crippen molar-refractivity contribution in [1.29, 1.82) is 0 Å². The third kappa shape index (κ3) is 2.69. The van der Waals surface area contributed by atoms with Gasteiger partial charge in [0.25, 0.3) is 0 Å². The lowest BCUT2D eigenvalue weighted by Gasteiger charge is -2.34. The molecule has 0 amide bonds. The van der Waals surface area contributed by atoms with Crippen LogP contribution >= 0.6 is 0 Å². The maximum Gasteiger partial charge on any atom is 0.0829 e. The van der Waals surface area contributed by atoms with Gasteiger partial charge in [-0.1, -0.05) is 6.92 Å². The second kappa shape index (κ2) is 4.60. The fraction of sp³-hybridized carbons (Fsp3) is 1.00. The Labute approximate surface area is 87.0 Å². The van der Waals surface area contributed by atoms with Crippen LogP contribution in [0.3, 0.4) is 0 Å². The van der Waals surface area contributed by atoms with Crippen molar-refractivity contribution in [2.45, 2.75) is 31.9 Å². The van der Waals surface area contributed by atoms with Crippen LogP contribution in [0.15, 0.2) is 0 Å². The van der Waals surface area contributed by atoms with Crippen LogP contribution in [0.25, 0.3) is 0 Å². The third-order valence-corrected chi connectivity index (χ3v) is 3.33. The molecule has 0 aromatic rings. The third-order valence-electron chi connectivity index (χ3n) is 3.33. The number of morpholine rings is 1. The van der Waals surface area contributed by atoms with Gasteiger partial charge in [0.2, 0.25) is 0 Å². The van der Waals surface area contributed by atoms with E-state index in [0.29, 0.717) is 6.10 Å².